The second kappa shape index (κ2) is 8.61. The Bertz CT molecular complexity index is 855. The molecule has 0 aromatic carbocycles. The molecule has 3 aliphatic rings. The molecule has 3 saturated heterocycles. The third kappa shape index (κ3) is 4.11. The summed E-state index contributed by atoms with van der Waals surface area (Å²) in [5.41, 5.74) is 0.931. The molecule has 5 rings (SSSR count). The molecule has 0 spiro atoms. The van der Waals surface area contributed by atoms with Gasteiger partial charge in [0, 0.05) is 56.2 Å². The number of hydrogen-bond acceptors (Lipinski definition) is 8. The van der Waals surface area contributed by atoms with Crippen LogP contribution in [0.3, 0.4) is 0 Å². The molecule has 2 aromatic rings. The van der Waals surface area contributed by atoms with Crippen LogP contribution < -0.4 is 4.90 Å². The highest BCUT2D eigenvalue weighted by Gasteiger charge is 2.35. The summed E-state index contributed by atoms with van der Waals surface area (Å²) < 4.78 is 6.59. The zero-order valence-corrected chi connectivity index (χ0v) is 18.2. The maximum atomic E-state index is 9.94. The second-order valence-corrected chi connectivity index (χ2v) is 9.74. The van der Waals surface area contributed by atoms with E-state index in [1.807, 2.05) is 0 Å². The van der Waals surface area contributed by atoms with E-state index in [0.29, 0.717) is 17.2 Å². The van der Waals surface area contributed by atoms with Crippen LogP contribution in [-0.2, 0) is 11.3 Å². The molecule has 2 atom stereocenters. The van der Waals surface area contributed by atoms with Crippen LogP contribution in [0.1, 0.15) is 17.7 Å². The van der Waals surface area contributed by atoms with Gasteiger partial charge in [0.2, 0.25) is 5.28 Å². The van der Waals surface area contributed by atoms with Crippen molar-refractivity contribution in [3.8, 4) is 0 Å². The number of rotatable bonds is 5. The van der Waals surface area contributed by atoms with Gasteiger partial charge in [-0.1, -0.05) is 0 Å². The van der Waals surface area contributed by atoms with Crippen molar-refractivity contribution in [2.45, 2.75) is 25.4 Å². The highest BCUT2D eigenvalue weighted by atomic mass is 35.5. The lowest BCUT2D eigenvalue weighted by Gasteiger charge is -2.47. The number of piperidine rings is 1. The Hall–Kier alpha value is -1.03. The zero-order chi connectivity index (χ0) is 19.8. The van der Waals surface area contributed by atoms with Crippen LogP contribution in [0.15, 0.2) is 6.07 Å². The molecule has 1 N–H and O–H groups in total. The zero-order valence-electron chi connectivity index (χ0n) is 16.6. The largest absolute Gasteiger partial charge is 0.396 e. The van der Waals surface area contributed by atoms with Crippen LogP contribution in [0.4, 0.5) is 5.82 Å². The van der Waals surface area contributed by atoms with E-state index >= 15 is 0 Å². The molecule has 158 valence electrons. The normalized spacial score (nSPS) is 26.8. The Morgan fingerprint density at radius 2 is 2.00 bits per heavy atom. The van der Waals surface area contributed by atoms with Crippen LogP contribution in [0.2, 0.25) is 5.28 Å². The summed E-state index contributed by atoms with van der Waals surface area (Å²) in [6.45, 7) is 8.68. The summed E-state index contributed by atoms with van der Waals surface area (Å²) >= 11 is 8.00. The fourth-order valence-electron chi connectivity index (χ4n) is 4.80. The summed E-state index contributed by atoms with van der Waals surface area (Å²) in [7, 11) is 0. The topological polar surface area (TPSA) is 65.0 Å². The SMILES string of the molecule is OC[C@H]1CN(Cc2cc3nc(Cl)nc(N4CCOCC4)c3s2)CC[C@H]1N1CCC1. The van der Waals surface area contributed by atoms with E-state index in [1.54, 1.807) is 11.3 Å². The highest BCUT2D eigenvalue weighted by molar-refractivity contribution is 7.19. The van der Waals surface area contributed by atoms with Gasteiger partial charge in [0.05, 0.1) is 23.4 Å². The van der Waals surface area contributed by atoms with Gasteiger partial charge in [-0.3, -0.25) is 9.80 Å². The van der Waals surface area contributed by atoms with Gasteiger partial charge in [-0.2, -0.15) is 4.98 Å². The number of ether oxygens (including phenoxy) is 1. The summed E-state index contributed by atoms with van der Waals surface area (Å²) in [6.07, 6.45) is 2.44. The first-order chi connectivity index (χ1) is 14.2. The van der Waals surface area contributed by atoms with Crippen molar-refractivity contribution in [2.75, 3.05) is 64.0 Å². The quantitative estimate of drug-likeness (QED) is 0.718. The standard InChI is InChI=1S/C20H28ClN5O2S/c21-20-22-16-10-15(29-18(16)19(23-20)26-6-8-28-9-7-26)12-24-5-2-17(14(11-24)13-27)25-3-1-4-25/h10,14,17,27H,1-9,11-13H2/t14-,17-/m1/s1. The summed E-state index contributed by atoms with van der Waals surface area (Å²) in [5.74, 6) is 1.28. The Balaban J connectivity index is 1.33. The molecular weight excluding hydrogens is 410 g/mol. The number of likely N-dealkylation sites (tertiary alicyclic amines) is 2. The van der Waals surface area contributed by atoms with Gasteiger partial charge in [-0.05, 0) is 43.6 Å². The van der Waals surface area contributed by atoms with Gasteiger partial charge < -0.3 is 14.7 Å². The number of anilines is 1. The van der Waals surface area contributed by atoms with Crippen molar-refractivity contribution in [3.05, 3.63) is 16.2 Å². The van der Waals surface area contributed by atoms with Gasteiger partial charge in [0.25, 0.3) is 0 Å². The predicted molar refractivity (Wildman–Crippen MR) is 116 cm³/mol. The van der Waals surface area contributed by atoms with Crippen molar-refractivity contribution >= 4 is 39.0 Å². The van der Waals surface area contributed by atoms with E-state index < -0.39 is 0 Å². The fourth-order valence-corrected chi connectivity index (χ4v) is 6.12. The fraction of sp³-hybridized carbons (Fsp3) is 0.700. The molecule has 9 heteroatoms. The molecule has 2 aromatic heterocycles. The number of aliphatic hydroxyl groups is 1. The Kier molecular flexibility index (Phi) is 5.91. The molecule has 0 radical (unpaired) electrons. The first-order valence-corrected chi connectivity index (χ1v) is 11.8. The average molecular weight is 438 g/mol. The van der Waals surface area contributed by atoms with Crippen LogP contribution in [0, 0.1) is 5.92 Å². The molecular formula is C20H28ClN5O2S. The smallest absolute Gasteiger partial charge is 0.224 e. The lowest BCUT2D eigenvalue weighted by atomic mass is 9.89. The highest BCUT2D eigenvalue weighted by Crippen LogP contribution is 2.35. The van der Waals surface area contributed by atoms with Crippen LogP contribution >= 0.6 is 22.9 Å². The van der Waals surface area contributed by atoms with Gasteiger partial charge in [-0.15, -0.1) is 11.3 Å². The number of thiophene rings is 1. The van der Waals surface area contributed by atoms with Crippen molar-refractivity contribution < 1.29 is 9.84 Å². The molecule has 7 nitrogen and oxygen atoms in total. The molecule has 0 aliphatic carbocycles. The number of aromatic nitrogens is 2. The van der Waals surface area contributed by atoms with E-state index in [-0.39, 0.29) is 6.61 Å². The number of halogens is 1. The summed E-state index contributed by atoms with van der Waals surface area (Å²) in [5, 5.41) is 10.2. The number of nitrogens with zero attached hydrogens (tertiary/aromatic N) is 5. The summed E-state index contributed by atoms with van der Waals surface area (Å²) in [6, 6.07) is 2.71. The molecule has 0 saturated carbocycles. The third-order valence-corrected chi connectivity index (χ3v) is 7.71. The van der Waals surface area contributed by atoms with E-state index in [0.717, 1.165) is 68.4 Å². The van der Waals surface area contributed by atoms with Crippen LogP contribution in [0.25, 0.3) is 10.2 Å². The molecule has 0 amide bonds. The minimum atomic E-state index is 0.270. The van der Waals surface area contributed by atoms with Crippen molar-refractivity contribution in [1.29, 1.82) is 0 Å². The number of hydrogen-bond donors (Lipinski definition) is 1. The lowest BCUT2D eigenvalue weighted by molar-refractivity contribution is -0.00293. The van der Waals surface area contributed by atoms with E-state index in [4.69, 9.17) is 16.3 Å². The second-order valence-electron chi connectivity index (χ2n) is 8.27. The molecule has 5 heterocycles. The first-order valence-electron chi connectivity index (χ1n) is 10.6. The van der Waals surface area contributed by atoms with Crippen LogP contribution in [-0.4, -0.2) is 90.0 Å². The molecule has 29 heavy (non-hydrogen) atoms. The number of aliphatic hydroxyl groups excluding tert-OH is 1. The lowest BCUT2D eigenvalue weighted by Crippen LogP contribution is -2.55. The molecule has 0 bridgehead atoms. The maximum Gasteiger partial charge on any atom is 0.224 e. The van der Waals surface area contributed by atoms with E-state index in [9.17, 15) is 5.11 Å². The summed E-state index contributed by atoms with van der Waals surface area (Å²) in [4.78, 5) is 17.6. The molecule has 3 fully saturated rings. The average Bonchev–Trinajstić information content (AvgIpc) is 3.09. The Morgan fingerprint density at radius 3 is 2.72 bits per heavy atom. The van der Waals surface area contributed by atoms with Gasteiger partial charge in [-0.25, -0.2) is 4.98 Å². The number of morpholine rings is 1. The van der Waals surface area contributed by atoms with E-state index in [2.05, 4.69) is 30.7 Å². The minimum Gasteiger partial charge on any atom is -0.396 e. The minimum absolute atomic E-state index is 0.270. The van der Waals surface area contributed by atoms with Gasteiger partial charge >= 0.3 is 0 Å². The van der Waals surface area contributed by atoms with Crippen molar-refractivity contribution in [1.82, 2.24) is 19.8 Å². The Labute approximate surface area is 180 Å². The third-order valence-electron chi connectivity index (χ3n) is 6.44. The maximum absolute atomic E-state index is 9.94. The van der Waals surface area contributed by atoms with Gasteiger partial charge in [0.1, 0.15) is 0 Å². The van der Waals surface area contributed by atoms with Crippen molar-refractivity contribution in [3.63, 3.8) is 0 Å². The molecule has 0 unspecified atom stereocenters. The van der Waals surface area contributed by atoms with Gasteiger partial charge in [0.15, 0.2) is 5.82 Å². The van der Waals surface area contributed by atoms with Crippen LogP contribution in [0.5, 0.6) is 0 Å². The predicted octanol–water partition coefficient (Wildman–Crippen LogP) is 2.07. The van der Waals surface area contributed by atoms with E-state index in [1.165, 1.54) is 24.4 Å². The first kappa shape index (κ1) is 19.9. The monoisotopic (exact) mass is 437 g/mol. The molecule has 3 aliphatic heterocycles. The Morgan fingerprint density at radius 1 is 1.17 bits per heavy atom. The van der Waals surface area contributed by atoms with Crippen molar-refractivity contribution in [2.24, 2.45) is 5.92 Å². The number of fused-ring (bicyclic) bond motifs is 1.